The van der Waals surface area contributed by atoms with Gasteiger partial charge in [-0.2, -0.15) is 5.10 Å². The molecule has 1 N–H and O–H groups in total. The van der Waals surface area contributed by atoms with Gasteiger partial charge in [-0.25, -0.2) is 13.7 Å². The van der Waals surface area contributed by atoms with Crippen LogP contribution in [0.25, 0.3) is 22.7 Å². The number of aromatic nitrogens is 2. The van der Waals surface area contributed by atoms with Gasteiger partial charge in [0.15, 0.2) is 0 Å². The number of benzene rings is 1. The van der Waals surface area contributed by atoms with Crippen molar-refractivity contribution in [1.29, 1.82) is 0 Å². The zero-order valence-corrected chi connectivity index (χ0v) is 17.2. The Labute approximate surface area is 173 Å². The monoisotopic (exact) mass is 412 g/mol. The zero-order valence-electron chi connectivity index (χ0n) is 16.5. The van der Waals surface area contributed by atoms with E-state index in [4.69, 9.17) is 16.7 Å². The minimum absolute atomic E-state index is 0.0887. The van der Waals surface area contributed by atoms with Crippen LogP contribution in [0.5, 0.6) is 0 Å². The lowest BCUT2D eigenvalue weighted by Crippen LogP contribution is -2.06. The summed E-state index contributed by atoms with van der Waals surface area (Å²) in [5.41, 5.74) is 4.47. The number of hydrogen-bond donors (Lipinski definition) is 1. The van der Waals surface area contributed by atoms with Crippen LogP contribution in [0, 0.1) is 5.82 Å². The first-order chi connectivity index (χ1) is 13.8. The maximum absolute atomic E-state index is 13.5. The molecule has 4 nitrogen and oxygen atoms in total. The largest absolute Gasteiger partial charge is 0.478 e. The van der Waals surface area contributed by atoms with E-state index in [0.717, 1.165) is 27.9 Å². The summed E-state index contributed by atoms with van der Waals surface area (Å²) in [5, 5.41) is 14.4. The van der Waals surface area contributed by atoms with Crippen molar-refractivity contribution in [3.05, 3.63) is 76.4 Å². The van der Waals surface area contributed by atoms with Gasteiger partial charge in [-0.3, -0.25) is 0 Å². The number of carboxylic acid groups (broad SMARTS) is 1. The molecule has 6 heteroatoms. The van der Waals surface area contributed by atoms with Gasteiger partial charge in [-0.05, 0) is 42.2 Å². The van der Waals surface area contributed by atoms with Gasteiger partial charge in [-0.15, -0.1) is 0 Å². The normalized spacial score (nSPS) is 12.4. The van der Waals surface area contributed by atoms with Crippen molar-refractivity contribution < 1.29 is 14.3 Å². The second kappa shape index (κ2) is 8.62. The zero-order chi connectivity index (χ0) is 21.1. The molecule has 1 aromatic carbocycles. The van der Waals surface area contributed by atoms with Crippen LogP contribution in [0.3, 0.4) is 0 Å². The summed E-state index contributed by atoms with van der Waals surface area (Å²) in [6.45, 7) is 5.86. The summed E-state index contributed by atoms with van der Waals surface area (Å²) >= 11 is 6.33. The SMILES string of the molecule is CCC(=CC=Cc1c(C(C)C)nn2c(Cl)ccc2c1-c1ccc(F)cc1)C(=O)O. The molecule has 0 fully saturated rings. The molecular weight excluding hydrogens is 391 g/mol. The van der Waals surface area contributed by atoms with Gasteiger partial charge in [0.25, 0.3) is 0 Å². The molecule has 0 radical (unpaired) electrons. The van der Waals surface area contributed by atoms with E-state index in [1.165, 1.54) is 12.1 Å². The Kier molecular flexibility index (Phi) is 6.18. The predicted octanol–water partition coefficient (Wildman–Crippen LogP) is 6.35. The molecule has 0 bridgehead atoms. The smallest absolute Gasteiger partial charge is 0.331 e. The Bertz CT molecular complexity index is 1110. The molecule has 0 aliphatic heterocycles. The first-order valence-electron chi connectivity index (χ1n) is 9.41. The molecule has 29 heavy (non-hydrogen) atoms. The average molecular weight is 413 g/mol. The fourth-order valence-corrected chi connectivity index (χ4v) is 3.43. The number of carbonyl (C=O) groups is 1. The Balaban J connectivity index is 2.31. The summed E-state index contributed by atoms with van der Waals surface area (Å²) in [6.07, 6.45) is 5.60. The van der Waals surface area contributed by atoms with Crippen LogP contribution in [-0.2, 0) is 4.79 Å². The Morgan fingerprint density at radius 3 is 2.52 bits per heavy atom. The highest BCUT2D eigenvalue weighted by atomic mass is 35.5. The highest BCUT2D eigenvalue weighted by Gasteiger charge is 2.19. The Morgan fingerprint density at radius 1 is 1.24 bits per heavy atom. The number of allylic oxidation sites excluding steroid dienone is 2. The molecule has 0 amide bonds. The molecule has 3 aromatic rings. The van der Waals surface area contributed by atoms with Gasteiger partial charge < -0.3 is 5.11 Å². The fraction of sp³-hybridized carbons (Fsp3) is 0.217. The number of halogens is 2. The third-order valence-corrected chi connectivity index (χ3v) is 5.00. The first-order valence-corrected chi connectivity index (χ1v) is 9.78. The molecule has 0 saturated heterocycles. The van der Waals surface area contributed by atoms with Gasteiger partial charge in [0.1, 0.15) is 11.0 Å². The lowest BCUT2D eigenvalue weighted by Gasteiger charge is -2.16. The van der Waals surface area contributed by atoms with Crippen molar-refractivity contribution in [2.24, 2.45) is 0 Å². The molecule has 0 aliphatic rings. The van der Waals surface area contributed by atoms with Crippen LogP contribution in [0.1, 0.15) is 44.4 Å². The predicted molar refractivity (Wildman–Crippen MR) is 115 cm³/mol. The minimum atomic E-state index is -0.938. The van der Waals surface area contributed by atoms with Gasteiger partial charge in [-0.1, -0.05) is 62.7 Å². The summed E-state index contributed by atoms with van der Waals surface area (Å²) < 4.78 is 15.2. The van der Waals surface area contributed by atoms with Crippen molar-refractivity contribution in [3.63, 3.8) is 0 Å². The number of aliphatic carboxylic acids is 1. The van der Waals surface area contributed by atoms with Crippen molar-refractivity contribution in [2.75, 3.05) is 0 Å². The van der Waals surface area contributed by atoms with E-state index in [-0.39, 0.29) is 11.7 Å². The third kappa shape index (κ3) is 4.25. The summed E-state index contributed by atoms with van der Waals surface area (Å²) in [6, 6.07) is 9.92. The van der Waals surface area contributed by atoms with E-state index in [0.29, 0.717) is 17.1 Å². The molecule has 3 rings (SSSR count). The van der Waals surface area contributed by atoms with Crippen LogP contribution in [0.15, 0.2) is 54.1 Å². The lowest BCUT2D eigenvalue weighted by atomic mass is 9.94. The first kappa shape index (κ1) is 20.8. The van der Waals surface area contributed by atoms with Crippen LogP contribution in [-0.4, -0.2) is 20.7 Å². The summed E-state index contributed by atoms with van der Waals surface area (Å²) in [5.74, 6) is -1.16. The number of fused-ring (bicyclic) bond motifs is 1. The van der Waals surface area contributed by atoms with Crippen molar-refractivity contribution in [1.82, 2.24) is 9.61 Å². The summed E-state index contributed by atoms with van der Waals surface area (Å²) in [4.78, 5) is 11.3. The number of rotatable bonds is 6. The average Bonchev–Trinajstić information content (AvgIpc) is 3.05. The van der Waals surface area contributed by atoms with Gasteiger partial charge >= 0.3 is 5.97 Å². The maximum atomic E-state index is 13.5. The molecule has 2 aromatic heterocycles. The van der Waals surface area contributed by atoms with E-state index in [1.54, 1.807) is 41.8 Å². The van der Waals surface area contributed by atoms with Crippen LogP contribution in [0.2, 0.25) is 5.15 Å². The number of hydrogen-bond acceptors (Lipinski definition) is 2. The highest BCUT2D eigenvalue weighted by Crippen LogP contribution is 2.35. The van der Waals surface area contributed by atoms with Crippen molar-refractivity contribution in [3.8, 4) is 11.1 Å². The third-order valence-electron chi connectivity index (χ3n) is 4.71. The second-order valence-electron chi connectivity index (χ2n) is 7.00. The summed E-state index contributed by atoms with van der Waals surface area (Å²) in [7, 11) is 0. The molecular formula is C23H22ClFN2O2. The lowest BCUT2D eigenvalue weighted by molar-refractivity contribution is -0.132. The van der Waals surface area contributed by atoms with Gasteiger partial charge in [0.2, 0.25) is 0 Å². The van der Waals surface area contributed by atoms with Crippen LogP contribution in [0.4, 0.5) is 4.39 Å². The quantitative estimate of drug-likeness (QED) is 0.379. The van der Waals surface area contributed by atoms with Crippen molar-refractivity contribution >= 4 is 29.2 Å². The van der Waals surface area contributed by atoms with E-state index >= 15 is 0 Å². The molecule has 0 atom stereocenters. The topological polar surface area (TPSA) is 54.6 Å². The van der Waals surface area contributed by atoms with Crippen LogP contribution >= 0.6 is 11.6 Å². The standard InChI is InChI=1S/C23H22ClFN2O2/c1-4-15(23(28)29)6-5-7-18-21(16-8-10-17(25)11-9-16)19-12-13-20(24)27(19)26-22(18)14(2)3/h5-14H,4H2,1-3H3,(H,28,29). The molecule has 2 heterocycles. The van der Waals surface area contributed by atoms with E-state index in [2.05, 4.69) is 0 Å². The molecule has 0 saturated carbocycles. The van der Waals surface area contributed by atoms with E-state index in [1.807, 2.05) is 26.0 Å². The Hall–Kier alpha value is -2.92. The van der Waals surface area contributed by atoms with E-state index < -0.39 is 5.97 Å². The second-order valence-corrected chi connectivity index (χ2v) is 7.39. The molecule has 0 aliphatic carbocycles. The van der Waals surface area contributed by atoms with Crippen molar-refractivity contribution in [2.45, 2.75) is 33.1 Å². The minimum Gasteiger partial charge on any atom is -0.478 e. The molecule has 0 unspecified atom stereocenters. The van der Waals surface area contributed by atoms with Gasteiger partial charge in [0.05, 0.1) is 11.2 Å². The van der Waals surface area contributed by atoms with Gasteiger partial charge in [0, 0.05) is 16.7 Å². The number of carboxylic acids is 1. The van der Waals surface area contributed by atoms with E-state index in [9.17, 15) is 14.3 Å². The fourth-order valence-electron chi connectivity index (χ4n) is 3.24. The highest BCUT2D eigenvalue weighted by molar-refractivity contribution is 6.30. The maximum Gasteiger partial charge on any atom is 0.331 e. The van der Waals surface area contributed by atoms with Crippen LogP contribution < -0.4 is 0 Å². The molecule has 0 spiro atoms. The number of nitrogens with zero attached hydrogens (tertiary/aromatic N) is 2. The molecule has 150 valence electrons. The Morgan fingerprint density at radius 2 is 1.93 bits per heavy atom.